The number of halogens is 2. The van der Waals surface area contributed by atoms with Crippen LogP contribution in [-0.2, 0) is 6.42 Å². The molecule has 1 aromatic carbocycles. The number of hydrogen-bond acceptors (Lipinski definition) is 4. The van der Waals surface area contributed by atoms with Gasteiger partial charge in [0, 0.05) is 54.2 Å². The summed E-state index contributed by atoms with van der Waals surface area (Å²) in [5.74, 6) is 0.627. The molecule has 0 aliphatic carbocycles. The molecule has 142 valence electrons. The average molecular weight is 552 g/mol. The van der Waals surface area contributed by atoms with Gasteiger partial charge in [0.2, 0.25) is 0 Å². The van der Waals surface area contributed by atoms with Gasteiger partial charge >= 0.3 is 0 Å². The van der Waals surface area contributed by atoms with Crippen molar-refractivity contribution in [1.82, 2.24) is 20.9 Å². The minimum absolute atomic E-state index is 0. The number of nitrogens with one attached hydrogen (secondary N) is 3. The number of amides is 1. The molecule has 1 heterocycles. The topological polar surface area (TPSA) is 78.4 Å². The van der Waals surface area contributed by atoms with E-state index in [1.807, 2.05) is 18.3 Å². The summed E-state index contributed by atoms with van der Waals surface area (Å²) in [6.45, 7) is 3.93. The van der Waals surface area contributed by atoms with Crippen molar-refractivity contribution >= 4 is 63.1 Å². The largest absolute Gasteiger partial charge is 0.356 e. The third kappa shape index (κ3) is 8.00. The fraction of sp³-hybridized carbons (Fsp3) is 0.353. The number of aryl methyl sites for hydroxylation is 1. The first-order chi connectivity index (χ1) is 12.1. The second kappa shape index (κ2) is 12.2. The van der Waals surface area contributed by atoms with Crippen LogP contribution in [0.4, 0.5) is 0 Å². The average Bonchev–Trinajstić information content (AvgIpc) is 3.02. The number of aromatic nitrogens is 1. The smallest absolute Gasteiger partial charge is 0.251 e. The van der Waals surface area contributed by atoms with Crippen molar-refractivity contribution in [2.45, 2.75) is 13.3 Å². The zero-order chi connectivity index (χ0) is 18.1. The lowest BCUT2D eigenvalue weighted by Gasteiger charge is -2.12. The molecule has 0 aliphatic rings. The molecule has 2 aromatic rings. The molecule has 1 amide bonds. The molecule has 0 atom stereocenters. The van der Waals surface area contributed by atoms with Gasteiger partial charge in [-0.1, -0.05) is 15.9 Å². The van der Waals surface area contributed by atoms with Crippen molar-refractivity contribution in [3.63, 3.8) is 0 Å². The molecule has 0 unspecified atom stereocenters. The Balaban J connectivity index is 0.00000338. The van der Waals surface area contributed by atoms with Crippen molar-refractivity contribution in [2.75, 3.05) is 26.7 Å². The van der Waals surface area contributed by atoms with Gasteiger partial charge in [0.15, 0.2) is 5.96 Å². The summed E-state index contributed by atoms with van der Waals surface area (Å²) in [4.78, 5) is 21.7. The summed E-state index contributed by atoms with van der Waals surface area (Å²) in [5, 5.41) is 10.4. The minimum atomic E-state index is -0.0867. The molecule has 2 rings (SSSR count). The predicted octanol–water partition coefficient (Wildman–Crippen LogP) is 2.97. The van der Waals surface area contributed by atoms with Crippen molar-refractivity contribution in [2.24, 2.45) is 4.99 Å². The number of nitrogens with zero attached hydrogens (tertiary/aromatic N) is 2. The molecule has 0 bridgehead atoms. The Morgan fingerprint density at radius 1 is 1.15 bits per heavy atom. The van der Waals surface area contributed by atoms with Crippen molar-refractivity contribution < 1.29 is 4.79 Å². The highest BCUT2D eigenvalue weighted by atomic mass is 127. The highest BCUT2D eigenvalue weighted by molar-refractivity contribution is 14.0. The fourth-order valence-corrected chi connectivity index (χ4v) is 3.14. The number of rotatable bonds is 7. The lowest BCUT2D eigenvalue weighted by molar-refractivity contribution is 0.0954. The van der Waals surface area contributed by atoms with Gasteiger partial charge in [0.25, 0.3) is 5.91 Å². The van der Waals surface area contributed by atoms with Gasteiger partial charge in [-0.15, -0.1) is 35.3 Å². The number of hydrogen-bond donors (Lipinski definition) is 3. The normalized spacial score (nSPS) is 10.8. The van der Waals surface area contributed by atoms with Crippen LogP contribution in [0, 0.1) is 6.92 Å². The Morgan fingerprint density at radius 2 is 1.81 bits per heavy atom. The fourth-order valence-electron chi connectivity index (χ4n) is 2.09. The van der Waals surface area contributed by atoms with E-state index < -0.39 is 0 Å². The van der Waals surface area contributed by atoms with Gasteiger partial charge in [0.05, 0.1) is 5.01 Å². The van der Waals surface area contributed by atoms with Crippen LogP contribution in [0.1, 0.15) is 20.2 Å². The Bertz CT molecular complexity index is 720. The summed E-state index contributed by atoms with van der Waals surface area (Å²) in [6.07, 6.45) is 2.75. The van der Waals surface area contributed by atoms with Crippen molar-refractivity contribution in [3.8, 4) is 0 Å². The Labute approximate surface area is 183 Å². The summed E-state index contributed by atoms with van der Waals surface area (Å²) in [6, 6.07) is 7.27. The SMILES string of the molecule is CN=C(NCCNC(=O)c1ccc(Br)cc1)NCCc1ncc(C)s1.I. The van der Waals surface area contributed by atoms with E-state index >= 15 is 0 Å². The van der Waals surface area contributed by atoms with E-state index in [1.165, 1.54) is 4.88 Å². The molecule has 3 N–H and O–H groups in total. The molecular formula is C17H23BrIN5OS. The van der Waals surface area contributed by atoms with E-state index in [4.69, 9.17) is 0 Å². The summed E-state index contributed by atoms with van der Waals surface area (Å²) < 4.78 is 0.952. The van der Waals surface area contributed by atoms with Crippen LogP contribution in [0.5, 0.6) is 0 Å². The number of carbonyl (C=O) groups excluding carboxylic acids is 1. The third-order valence-corrected chi connectivity index (χ3v) is 4.83. The molecule has 26 heavy (non-hydrogen) atoms. The van der Waals surface area contributed by atoms with Crippen LogP contribution < -0.4 is 16.0 Å². The first-order valence-corrected chi connectivity index (χ1v) is 9.59. The molecule has 1 aromatic heterocycles. The van der Waals surface area contributed by atoms with Gasteiger partial charge in [-0.25, -0.2) is 4.98 Å². The zero-order valence-corrected chi connectivity index (χ0v) is 19.4. The summed E-state index contributed by atoms with van der Waals surface area (Å²) >= 11 is 5.06. The van der Waals surface area contributed by atoms with Gasteiger partial charge in [-0.05, 0) is 31.2 Å². The van der Waals surface area contributed by atoms with E-state index in [0.29, 0.717) is 24.6 Å². The van der Waals surface area contributed by atoms with E-state index in [2.05, 4.69) is 48.8 Å². The number of aliphatic imine (C=N–C) groups is 1. The summed E-state index contributed by atoms with van der Waals surface area (Å²) in [7, 11) is 1.73. The van der Waals surface area contributed by atoms with E-state index in [1.54, 1.807) is 30.5 Å². The number of thiazole rings is 1. The lowest BCUT2D eigenvalue weighted by Crippen LogP contribution is -2.42. The maximum atomic E-state index is 12.0. The van der Waals surface area contributed by atoms with Crippen LogP contribution in [0.3, 0.4) is 0 Å². The van der Waals surface area contributed by atoms with Gasteiger partial charge in [0.1, 0.15) is 0 Å². The first-order valence-electron chi connectivity index (χ1n) is 7.98. The van der Waals surface area contributed by atoms with Crippen LogP contribution in [-0.4, -0.2) is 43.5 Å². The number of benzene rings is 1. The molecule has 9 heteroatoms. The van der Waals surface area contributed by atoms with Crippen LogP contribution in [0.15, 0.2) is 39.9 Å². The van der Waals surface area contributed by atoms with E-state index in [0.717, 1.165) is 22.4 Å². The predicted molar refractivity (Wildman–Crippen MR) is 122 cm³/mol. The molecule has 0 spiro atoms. The summed E-state index contributed by atoms with van der Waals surface area (Å²) in [5.41, 5.74) is 0.643. The van der Waals surface area contributed by atoms with E-state index in [-0.39, 0.29) is 29.9 Å². The molecule has 0 saturated heterocycles. The first kappa shape index (κ1) is 22.8. The minimum Gasteiger partial charge on any atom is -0.356 e. The Morgan fingerprint density at radius 3 is 2.42 bits per heavy atom. The zero-order valence-electron chi connectivity index (χ0n) is 14.7. The maximum absolute atomic E-state index is 12.0. The third-order valence-electron chi connectivity index (χ3n) is 3.33. The van der Waals surface area contributed by atoms with Gasteiger partial charge in [-0.3, -0.25) is 9.79 Å². The molecule has 6 nitrogen and oxygen atoms in total. The molecular weight excluding hydrogens is 529 g/mol. The maximum Gasteiger partial charge on any atom is 0.251 e. The van der Waals surface area contributed by atoms with Crippen LogP contribution >= 0.6 is 51.2 Å². The molecule has 0 fully saturated rings. The van der Waals surface area contributed by atoms with Crippen LogP contribution in [0.2, 0.25) is 0 Å². The van der Waals surface area contributed by atoms with Crippen LogP contribution in [0.25, 0.3) is 0 Å². The second-order valence-electron chi connectivity index (χ2n) is 5.30. The second-order valence-corrected chi connectivity index (χ2v) is 7.54. The highest BCUT2D eigenvalue weighted by Crippen LogP contribution is 2.11. The van der Waals surface area contributed by atoms with E-state index in [9.17, 15) is 4.79 Å². The van der Waals surface area contributed by atoms with Crippen molar-refractivity contribution in [1.29, 1.82) is 0 Å². The Hall–Kier alpha value is -1.20. The monoisotopic (exact) mass is 551 g/mol. The quantitative estimate of drug-likeness (QED) is 0.214. The van der Waals surface area contributed by atoms with Gasteiger partial charge < -0.3 is 16.0 Å². The lowest BCUT2D eigenvalue weighted by atomic mass is 10.2. The highest BCUT2D eigenvalue weighted by Gasteiger charge is 2.04. The standard InChI is InChI=1S/C17H22BrN5OS.HI/c1-12-11-23-15(25-12)7-8-21-17(19-2)22-10-9-20-16(24)13-3-5-14(18)6-4-13;/h3-6,11H,7-10H2,1-2H3,(H,20,24)(H2,19,21,22);1H. The van der Waals surface area contributed by atoms with Crippen molar-refractivity contribution in [3.05, 3.63) is 50.4 Å². The molecule has 0 aliphatic heterocycles. The number of carbonyl (C=O) groups is 1. The Kier molecular flexibility index (Phi) is 10.7. The molecule has 0 radical (unpaired) electrons. The van der Waals surface area contributed by atoms with Gasteiger partial charge in [-0.2, -0.15) is 0 Å². The number of guanidine groups is 1. The molecule has 0 saturated carbocycles.